The van der Waals surface area contributed by atoms with Crippen LogP contribution in [-0.2, 0) is 5.54 Å². The largest absolute Gasteiger partial charge is 0.329 e. The molecule has 3 rings (SSSR count). The van der Waals surface area contributed by atoms with Crippen LogP contribution >= 0.6 is 0 Å². The lowest BCUT2D eigenvalue weighted by Gasteiger charge is -2.28. The molecule has 0 aromatic carbocycles. The Morgan fingerprint density at radius 2 is 2.33 bits per heavy atom. The van der Waals surface area contributed by atoms with Gasteiger partial charge in [0, 0.05) is 23.9 Å². The summed E-state index contributed by atoms with van der Waals surface area (Å²) in [5.41, 5.74) is 0.526. The molecule has 1 fully saturated rings. The molecule has 2 aliphatic rings. The minimum atomic E-state index is 0.526. The highest BCUT2D eigenvalue weighted by molar-refractivity contribution is 5.14. The van der Waals surface area contributed by atoms with Gasteiger partial charge in [0.05, 0.1) is 0 Å². The molecule has 2 heteroatoms. The van der Waals surface area contributed by atoms with Crippen molar-refractivity contribution in [2.45, 2.75) is 44.1 Å². The Balaban J connectivity index is 2.14. The number of imidazole rings is 1. The zero-order valence-electron chi connectivity index (χ0n) is 7.45. The number of nitrogens with zero attached hydrogens (tertiary/aromatic N) is 2. The van der Waals surface area contributed by atoms with E-state index in [1.807, 2.05) is 6.20 Å². The Morgan fingerprint density at radius 3 is 3.08 bits per heavy atom. The average molecular weight is 162 g/mol. The molecule has 1 aliphatic carbocycles. The van der Waals surface area contributed by atoms with E-state index in [1.165, 1.54) is 31.5 Å². The van der Waals surface area contributed by atoms with Crippen molar-refractivity contribution in [1.82, 2.24) is 9.55 Å². The van der Waals surface area contributed by atoms with Crippen LogP contribution in [0.2, 0.25) is 0 Å². The minimum Gasteiger partial charge on any atom is -0.329 e. The van der Waals surface area contributed by atoms with E-state index in [4.69, 9.17) is 0 Å². The van der Waals surface area contributed by atoms with E-state index >= 15 is 0 Å². The monoisotopic (exact) mass is 162 g/mol. The fourth-order valence-electron chi connectivity index (χ4n) is 2.45. The summed E-state index contributed by atoms with van der Waals surface area (Å²) in [7, 11) is 0. The molecule has 0 amide bonds. The summed E-state index contributed by atoms with van der Waals surface area (Å²) in [6.45, 7) is 2.29. The average Bonchev–Trinajstić information content (AvgIpc) is 2.64. The lowest BCUT2D eigenvalue weighted by atomic mass is 9.94. The molecular weight excluding hydrogens is 148 g/mol. The third-order valence-electron chi connectivity index (χ3n) is 3.49. The first kappa shape index (κ1) is 6.70. The van der Waals surface area contributed by atoms with Crippen LogP contribution in [0.25, 0.3) is 0 Å². The number of hydrogen-bond donors (Lipinski definition) is 0. The van der Waals surface area contributed by atoms with E-state index in [9.17, 15) is 0 Å². The fraction of sp³-hybridized carbons (Fsp3) is 0.700. The molecule has 0 N–H and O–H groups in total. The normalized spacial score (nSPS) is 30.2. The molecule has 0 bridgehead atoms. The summed E-state index contributed by atoms with van der Waals surface area (Å²) in [5.74, 6) is 1.99. The molecule has 0 saturated heterocycles. The van der Waals surface area contributed by atoms with Crippen LogP contribution in [-0.4, -0.2) is 9.55 Å². The maximum Gasteiger partial charge on any atom is 0.111 e. The van der Waals surface area contributed by atoms with Crippen molar-refractivity contribution < 1.29 is 0 Å². The van der Waals surface area contributed by atoms with Crippen molar-refractivity contribution in [1.29, 1.82) is 0 Å². The minimum absolute atomic E-state index is 0.526. The van der Waals surface area contributed by atoms with Crippen molar-refractivity contribution in [2.75, 3.05) is 0 Å². The Labute approximate surface area is 72.6 Å². The van der Waals surface area contributed by atoms with Gasteiger partial charge in [0.25, 0.3) is 0 Å². The molecule has 1 saturated carbocycles. The maximum atomic E-state index is 4.44. The topological polar surface area (TPSA) is 17.8 Å². The van der Waals surface area contributed by atoms with Crippen LogP contribution in [0.15, 0.2) is 12.4 Å². The molecule has 0 unspecified atom stereocenters. The van der Waals surface area contributed by atoms with Gasteiger partial charge in [-0.25, -0.2) is 4.98 Å². The van der Waals surface area contributed by atoms with Crippen LogP contribution in [0, 0.1) is 0 Å². The second-order valence-corrected chi connectivity index (χ2v) is 4.32. The van der Waals surface area contributed by atoms with Gasteiger partial charge >= 0.3 is 0 Å². The summed E-state index contributed by atoms with van der Waals surface area (Å²) in [6, 6.07) is 0. The highest BCUT2D eigenvalue weighted by atomic mass is 15.2. The van der Waals surface area contributed by atoms with Gasteiger partial charge in [0.1, 0.15) is 5.82 Å². The van der Waals surface area contributed by atoms with Gasteiger partial charge < -0.3 is 4.57 Å². The summed E-state index contributed by atoms with van der Waals surface area (Å²) < 4.78 is 2.43. The predicted octanol–water partition coefficient (Wildman–Crippen LogP) is 2.27. The van der Waals surface area contributed by atoms with Gasteiger partial charge in [-0.3, -0.25) is 0 Å². The molecule has 2 nitrogen and oxygen atoms in total. The molecule has 0 radical (unpaired) electrons. The number of rotatable bonds is 0. The van der Waals surface area contributed by atoms with Crippen LogP contribution in [0.4, 0.5) is 0 Å². The second-order valence-electron chi connectivity index (χ2n) is 4.32. The van der Waals surface area contributed by atoms with Crippen LogP contribution in [0.3, 0.4) is 0 Å². The van der Waals surface area contributed by atoms with Gasteiger partial charge in [-0.1, -0.05) is 6.92 Å². The lowest BCUT2D eigenvalue weighted by Crippen LogP contribution is -2.25. The van der Waals surface area contributed by atoms with Crippen molar-refractivity contribution >= 4 is 0 Å². The quantitative estimate of drug-likeness (QED) is 0.572. The summed E-state index contributed by atoms with van der Waals surface area (Å²) in [5, 5.41) is 0. The molecule has 2 heterocycles. The Bertz CT molecular complexity index is 309. The highest BCUT2D eigenvalue weighted by Crippen LogP contribution is 2.52. The van der Waals surface area contributed by atoms with Crippen LogP contribution < -0.4 is 0 Å². The Morgan fingerprint density at radius 1 is 1.50 bits per heavy atom. The van der Waals surface area contributed by atoms with E-state index < -0.39 is 0 Å². The Hall–Kier alpha value is -0.790. The molecule has 1 aromatic heterocycles. The third-order valence-corrected chi connectivity index (χ3v) is 3.49. The molecule has 1 spiro atoms. The highest BCUT2D eigenvalue weighted by Gasteiger charge is 2.47. The number of hydrogen-bond acceptors (Lipinski definition) is 1. The van der Waals surface area contributed by atoms with Gasteiger partial charge in [-0.15, -0.1) is 0 Å². The van der Waals surface area contributed by atoms with Gasteiger partial charge in [-0.05, 0) is 25.7 Å². The van der Waals surface area contributed by atoms with Crippen molar-refractivity contribution in [3.05, 3.63) is 18.2 Å². The summed E-state index contributed by atoms with van der Waals surface area (Å²) >= 11 is 0. The first-order valence-corrected chi connectivity index (χ1v) is 4.86. The van der Waals surface area contributed by atoms with Crippen LogP contribution in [0.1, 0.15) is 44.3 Å². The van der Waals surface area contributed by atoms with E-state index in [-0.39, 0.29) is 0 Å². The second kappa shape index (κ2) is 1.93. The van der Waals surface area contributed by atoms with Crippen molar-refractivity contribution in [3.8, 4) is 0 Å². The first-order valence-electron chi connectivity index (χ1n) is 4.86. The fourth-order valence-corrected chi connectivity index (χ4v) is 2.45. The molecule has 1 aliphatic heterocycles. The van der Waals surface area contributed by atoms with Crippen molar-refractivity contribution in [3.63, 3.8) is 0 Å². The SMILES string of the molecule is C[C@H]1CCC2(CC2)n2ccnc21. The summed E-state index contributed by atoms with van der Waals surface area (Å²) in [4.78, 5) is 4.44. The third kappa shape index (κ3) is 0.680. The molecule has 64 valence electrons. The first-order chi connectivity index (χ1) is 5.82. The standard InChI is InChI=1S/C10H14N2/c1-8-2-3-10(4-5-10)12-7-6-11-9(8)12/h6-8H,2-5H2,1H3/t8-/m0/s1. The van der Waals surface area contributed by atoms with Gasteiger partial charge in [-0.2, -0.15) is 0 Å². The lowest BCUT2D eigenvalue weighted by molar-refractivity contribution is 0.343. The van der Waals surface area contributed by atoms with E-state index in [0.717, 1.165) is 0 Å². The van der Waals surface area contributed by atoms with Crippen LogP contribution in [0.5, 0.6) is 0 Å². The maximum absolute atomic E-state index is 4.44. The predicted molar refractivity (Wildman–Crippen MR) is 47.1 cm³/mol. The zero-order valence-corrected chi connectivity index (χ0v) is 7.45. The summed E-state index contributed by atoms with van der Waals surface area (Å²) in [6.07, 6.45) is 9.58. The molecule has 12 heavy (non-hydrogen) atoms. The molecule has 1 atom stereocenters. The van der Waals surface area contributed by atoms with E-state index in [2.05, 4.69) is 22.7 Å². The van der Waals surface area contributed by atoms with E-state index in [0.29, 0.717) is 11.5 Å². The van der Waals surface area contributed by atoms with Gasteiger partial charge in [0.2, 0.25) is 0 Å². The number of aromatic nitrogens is 2. The van der Waals surface area contributed by atoms with Crippen molar-refractivity contribution in [2.24, 2.45) is 0 Å². The van der Waals surface area contributed by atoms with Gasteiger partial charge in [0.15, 0.2) is 0 Å². The Kier molecular flexibility index (Phi) is 1.07. The smallest absolute Gasteiger partial charge is 0.111 e. The molecule has 1 aromatic rings. The zero-order chi connectivity index (χ0) is 8.18. The van der Waals surface area contributed by atoms with E-state index in [1.54, 1.807) is 0 Å². The molecular formula is C10H14N2. The number of fused-ring (bicyclic) bond motifs is 2.